The first-order chi connectivity index (χ1) is 14.1. The molecular formula is C23H19Cl2NO3. The summed E-state index contributed by atoms with van der Waals surface area (Å²) in [7, 11) is 0. The molecule has 1 heterocycles. The van der Waals surface area contributed by atoms with Gasteiger partial charge in [-0.25, -0.2) is 0 Å². The van der Waals surface area contributed by atoms with E-state index in [1.54, 1.807) is 12.1 Å². The van der Waals surface area contributed by atoms with Crippen LogP contribution in [0.1, 0.15) is 28.3 Å². The van der Waals surface area contributed by atoms with Crippen LogP contribution in [0.2, 0.25) is 10.0 Å². The summed E-state index contributed by atoms with van der Waals surface area (Å²) in [6.45, 7) is 0.586. The van der Waals surface area contributed by atoms with Crippen LogP contribution in [0.15, 0.2) is 66.7 Å². The lowest BCUT2D eigenvalue weighted by molar-refractivity contribution is -0.121. The third-order valence-corrected chi connectivity index (χ3v) is 5.21. The van der Waals surface area contributed by atoms with Crippen LogP contribution in [0.4, 0.5) is 0 Å². The van der Waals surface area contributed by atoms with Gasteiger partial charge in [-0.3, -0.25) is 4.79 Å². The predicted molar refractivity (Wildman–Crippen MR) is 113 cm³/mol. The molecule has 148 valence electrons. The molecule has 4 rings (SSSR count). The lowest BCUT2D eigenvalue weighted by atomic mass is 9.98. The summed E-state index contributed by atoms with van der Waals surface area (Å²) in [4.78, 5) is 13.0. The molecule has 1 aliphatic rings. The monoisotopic (exact) mass is 427 g/mol. The van der Waals surface area contributed by atoms with Crippen LogP contribution in [-0.4, -0.2) is 12.7 Å². The molecule has 0 spiro atoms. The fourth-order valence-electron chi connectivity index (χ4n) is 3.43. The molecule has 1 amide bonds. The maximum atomic E-state index is 13.0. The Kier molecular flexibility index (Phi) is 6.05. The van der Waals surface area contributed by atoms with Crippen LogP contribution >= 0.6 is 23.2 Å². The maximum absolute atomic E-state index is 13.0. The topological polar surface area (TPSA) is 47.6 Å². The van der Waals surface area contributed by atoms with Gasteiger partial charge in [-0.05, 0) is 35.4 Å². The van der Waals surface area contributed by atoms with Crippen molar-refractivity contribution in [2.45, 2.75) is 19.1 Å². The number of rotatable bonds is 5. The smallest absolute Gasteiger partial charge is 0.225 e. The lowest BCUT2D eigenvalue weighted by Gasteiger charge is -2.23. The molecule has 1 atom stereocenters. The highest BCUT2D eigenvalue weighted by molar-refractivity contribution is 6.31. The summed E-state index contributed by atoms with van der Waals surface area (Å²) in [5.74, 6) is 0.548. The van der Waals surface area contributed by atoms with Crippen molar-refractivity contribution in [3.05, 3.63) is 99.0 Å². The fraction of sp³-hybridized carbons (Fsp3) is 0.174. The number of amides is 1. The van der Waals surface area contributed by atoms with Crippen molar-refractivity contribution in [1.82, 2.24) is 5.32 Å². The molecule has 0 saturated carbocycles. The number of nitrogens with one attached hydrogen (secondary N) is 1. The van der Waals surface area contributed by atoms with Gasteiger partial charge in [-0.1, -0.05) is 65.7 Å². The zero-order chi connectivity index (χ0) is 20.2. The van der Waals surface area contributed by atoms with E-state index in [0.717, 1.165) is 22.3 Å². The number of ether oxygens (including phenoxy) is 2. The van der Waals surface area contributed by atoms with E-state index in [2.05, 4.69) is 5.32 Å². The molecule has 1 aliphatic heterocycles. The molecule has 3 aromatic carbocycles. The third-order valence-electron chi connectivity index (χ3n) is 4.74. The van der Waals surface area contributed by atoms with Crippen molar-refractivity contribution >= 4 is 29.1 Å². The van der Waals surface area contributed by atoms with Crippen LogP contribution in [0.5, 0.6) is 5.75 Å². The van der Waals surface area contributed by atoms with Gasteiger partial charge in [0.05, 0.1) is 19.1 Å². The van der Waals surface area contributed by atoms with Gasteiger partial charge < -0.3 is 14.8 Å². The van der Waals surface area contributed by atoms with Crippen LogP contribution in [-0.2, 0) is 22.6 Å². The van der Waals surface area contributed by atoms with Gasteiger partial charge in [0.25, 0.3) is 0 Å². The molecule has 0 saturated heterocycles. The molecule has 3 aromatic rings. The first-order valence-corrected chi connectivity index (χ1v) is 9.97. The fourth-order valence-corrected chi connectivity index (χ4v) is 3.82. The highest BCUT2D eigenvalue weighted by atomic mass is 35.5. The number of fused-ring (bicyclic) bond motifs is 1. The van der Waals surface area contributed by atoms with Gasteiger partial charge in [0.1, 0.15) is 5.75 Å². The second kappa shape index (κ2) is 8.87. The number of hydrogen-bond acceptors (Lipinski definition) is 3. The van der Waals surface area contributed by atoms with Crippen molar-refractivity contribution in [3.63, 3.8) is 0 Å². The van der Waals surface area contributed by atoms with Crippen molar-refractivity contribution in [3.8, 4) is 5.75 Å². The van der Waals surface area contributed by atoms with E-state index in [1.807, 2.05) is 54.6 Å². The first-order valence-electron chi connectivity index (χ1n) is 9.22. The Bertz CT molecular complexity index is 1010. The average Bonchev–Trinajstić information content (AvgIpc) is 2.73. The Morgan fingerprint density at radius 1 is 0.966 bits per heavy atom. The summed E-state index contributed by atoms with van der Waals surface area (Å²) >= 11 is 12.3. The Hall–Kier alpha value is -2.53. The number of carbonyl (C=O) groups excluding carboxylic acids is 1. The Balaban J connectivity index is 1.59. The van der Waals surface area contributed by atoms with E-state index in [4.69, 9.17) is 32.7 Å². The van der Waals surface area contributed by atoms with Gasteiger partial charge in [-0.2, -0.15) is 0 Å². The number of hydrogen-bond donors (Lipinski definition) is 1. The van der Waals surface area contributed by atoms with Crippen LogP contribution in [0, 0.1) is 0 Å². The van der Waals surface area contributed by atoms with E-state index < -0.39 is 0 Å². The SMILES string of the molecule is O=C(Cc1cc(Cl)cc2c1OCOC2)N[C@@H](c1ccccc1)c1ccc(Cl)cc1. The number of carbonyl (C=O) groups is 1. The van der Waals surface area contributed by atoms with Gasteiger partial charge in [0, 0.05) is 21.2 Å². The molecule has 0 bridgehead atoms. The summed E-state index contributed by atoms with van der Waals surface area (Å²) < 4.78 is 10.9. The molecule has 29 heavy (non-hydrogen) atoms. The summed E-state index contributed by atoms with van der Waals surface area (Å²) in [5.41, 5.74) is 3.53. The molecule has 0 fully saturated rings. The van der Waals surface area contributed by atoms with Crippen LogP contribution in [0.3, 0.4) is 0 Å². The normalized spacial score (nSPS) is 13.9. The molecule has 0 radical (unpaired) electrons. The van der Waals surface area contributed by atoms with Crippen molar-refractivity contribution in [2.75, 3.05) is 6.79 Å². The lowest BCUT2D eigenvalue weighted by Crippen LogP contribution is -2.31. The van der Waals surface area contributed by atoms with E-state index in [9.17, 15) is 4.79 Å². The highest BCUT2D eigenvalue weighted by Gasteiger charge is 2.21. The minimum Gasteiger partial charge on any atom is -0.467 e. The predicted octanol–water partition coefficient (Wildman–Crippen LogP) is 5.31. The Morgan fingerprint density at radius 2 is 1.69 bits per heavy atom. The largest absolute Gasteiger partial charge is 0.467 e. The minimum absolute atomic E-state index is 0.131. The van der Waals surface area contributed by atoms with Gasteiger partial charge in [0.2, 0.25) is 5.91 Å². The van der Waals surface area contributed by atoms with E-state index in [-0.39, 0.29) is 25.2 Å². The molecule has 0 aromatic heterocycles. The van der Waals surface area contributed by atoms with Gasteiger partial charge in [-0.15, -0.1) is 0 Å². The number of benzene rings is 3. The number of halogens is 2. The van der Waals surface area contributed by atoms with Crippen molar-refractivity contribution in [1.29, 1.82) is 0 Å². The molecular weight excluding hydrogens is 409 g/mol. The Labute approximate surface area is 179 Å². The zero-order valence-electron chi connectivity index (χ0n) is 15.5. The minimum atomic E-state index is -0.291. The zero-order valence-corrected chi connectivity index (χ0v) is 17.0. The molecule has 4 nitrogen and oxygen atoms in total. The first kappa shape index (κ1) is 19.8. The van der Waals surface area contributed by atoms with Crippen molar-refractivity contribution in [2.24, 2.45) is 0 Å². The van der Waals surface area contributed by atoms with E-state index in [1.165, 1.54) is 0 Å². The molecule has 0 unspecified atom stereocenters. The van der Waals surface area contributed by atoms with Gasteiger partial charge >= 0.3 is 0 Å². The summed E-state index contributed by atoms with van der Waals surface area (Å²) in [5, 5.41) is 4.34. The quantitative estimate of drug-likeness (QED) is 0.600. The van der Waals surface area contributed by atoms with E-state index >= 15 is 0 Å². The van der Waals surface area contributed by atoms with Crippen LogP contribution in [0.25, 0.3) is 0 Å². The standard InChI is InChI=1S/C23H19Cl2NO3/c24-19-8-6-16(7-9-19)22(15-4-2-1-3-5-15)26-21(27)12-17-10-20(25)11-18-13-28-14-29-23(17)18/h1-11,22H,12-14H2,(H,26,27)/t22-/m0/s1. The highest BCUT2D eigenvalue weighted by Crippen LogP contribution is 2.32. The van der Waals surface area contributed by atoms with Crippen LogP contribution < -0.4 is 10.1 Å². The summed E-state index contributed by atoms with van der Waals surface area (Å²) in [6, 6.07) is 20.6. The molecule has 6 heteroatoms. The average molecular weight is 428 g/mol. The summed E-state index contributed by atoms with van der Waals surface area (Å²) in [6.07, 6.45) is 0.153. The van der Waals surface area contributed by atoms with E-state index in [0.29, 0.717) is 22.4 Å². The second-order valence-electron chi connectivity index (χ2n) is 6.80. The Morgan fingerprint density at radius 3 is 2.45 bits per heavy atom. The maximum Gasteiger partial charge on any atom is 0.225 e. The van der Waals surface area contributed by atoms with Crippen molar-refractivity contribution < 1.29 is 14.3 Å². The molecule has 0 aliphatic carbocycles. The second-order valence-corrected chi connectivity index (χ2v) is 7.68. The molecule has 1 N–H and O–H groups in total. The van der Waals surface area contributed by atoms with Gasteiger partial charge in [0.15, 0.2) is 6.79 Å². The third kappa shape index (κ3) is 4.73.